The number of nitrogens with one attached hydrogen (secondary N) is 2. The fraction of sp³-hybridized carbons (Fsp3) is 0.263. The minimum Gasteiger partial charge on any atom is -0.324 e. The molecule has 0 aliphatic carbocycles. The highest BCUT2D eigenvalue weighted by Gasteiger charge is 2.34. The molecular formula is C19H19ClF3N3O2. The van der Waals surface area contributed by atoms with Crippen LogP contribution in [0.3, 0.4) is 0 Å². The summed E-state index contributed by atoms with van der Waals surface area (Å²) in [4.78, 5) is 25.9. The topological polar surface area (TPSA) is 61.4 Å². The fourth-order valence-corrected chi connectivity index (χ4v) is 2.58. The Balaban J connectivity index is 1.99. The van der Waals surface area contributed by atoms with Crippen molar-refractivity contribution >= 4 is 34.8 Å². The molecule has 1 unspecified atom stereocenters. The number of nitrogens with zero attached hydrogens (tertiary/aromatic N) is 1. The predicted molar refractivity (Wildman–Crippen MR) is 102 cm³/mol. The van der Waals surface area contributed by atoms with E-state index in [2.05, 4.69) is 10.6 Å². The third-order valence-corrected chi connectivity index (χ3v) is 4.40. The average Bonchev–Trinajstić information content (AvgIpc) is 2.62. The Hall–Kier alpha value is -2.58. The first-order chi connectivity index (χ1) is 13.1. The van der Waals surface area contributed by atoms with E-state index >= 15 is 0 Å². The number of likely N-dealkylation sites (N-methyl/N-ethyl adjacent to an activating group) is 1. The van der Waals surface area contributed by atoms with Crippen molar-refractivity contribution in [3.05, 3.63) is 59.1 Å². The third kappa shape index (κ3) is 5.71. The molecule has 0 aliphatic rings. The summed E-state index contributed by atoms with van der Waals surface area (Å²) in [6.45, 7) is 1.34. The van der Waals surface area contributed by atoms with Gasteiger partial charge in [0.2, 0.25) is 11.8 Å². The molecule has 0 heterocycles. The number of anilines is 2. The maximum Gasteiger partial charge on any atom is 0.418 e. The van der Waals surface area contributed by atoms with Crippen LogP contribution in [0.15, 0.2) is 48.5 Å². The molecule has 5 nitrogen and oxygen atoms in total. The van der Waals surface area contributed by atoms with E-state index in [9.17, 15) is 22.8 Å². The van der Waals surface area contributed by atoms with Gasteiger partial charge >= 0.3 is 6.18 Å². The molecule has 2 N–H and O–H groups in total. The minimum atomic E-state index is -4.59. The smallest absolute Gasteiger partial charge is 0.324 e. The Morgan fingerprint density at radius 2 is 1.61 bits per heavy atom. The molecule has 1 atom stereocenters. The summed E-state index contributed by atoms with van der Waals surface area (Å²) in [7, 11) is 1.52. The van der Waals surface area contributed by atoms with Gasteiger partial charge in [-0.2, -0.15) is 13.2 Å². The summed E-state index contributed by atoms with van der Waals surface area (Å²) in [5.74, 6) is -1.07. The van der Waals surface area contributed by atoms with Gasteiger partial charge in [-0.3, -0.25) is 14.5 Å². The van der Waals surface area contributed by atoms with E-state index in [1.165, 1.54) is 37.1 Å². The first kappa shape index (κ1) is 21.7. The van der Waals surface area contributed by atoms with Gasteiger partial charge in [0.1, 0.15) is 0 Å². The van der Waals surface area contributed by atoms with Crippen LogP contribution in [-0.4, -0.2) is 36.3 Å². The maximum absolute atomic E-state index is 13.0. The molecule has 0 aliphatic heterocycles. The van der Waals surface area contributed by atoms with Gasteiger partial charge in [0, 0.05) is 0 Å². The lowest BCUT2D eigenvalue weighted by atomic mass is 10.1. The van der Waals surface area contributed by atoms with Crippen molar-refractivity contribution in [2.24, 2.45) is 0 Å². The Bertz CT molecular complexity index is 858. The predicted octanol–water partition coefficient (Wildman–Crippen LogP) is 4.26. The van der Waals surface area contributed by atoms with Crippen LogP contribution in [-0.2, 0) is 15.8 Å². The van der Waals surface area contributed by atoms with Crippen molar-refractivity contribution in [3.63, 3.8) is 0 Å². The summed E-state index contributed by atoms with van der Waals surface area (Å²) in [6, 6.07) is 10.5. The van der Waals surface area contributed by atoms with Crippen LogP contribution < -0.4 is 10.6 Å². The molecule has 0 bridgehead atoms. The van der Waals surface area contributed by atoms with E-state index in [0.29, 0.717) is 10.7 Å². The second-order valence-corrected chi connectivity index (χ2v) is 6.56. The highest BCUT2D eigenvalue weighted by Crippen LogP contribution is 2.34. The number of carbonyl (C=O) groups excluding carboxylic acids is 2. The molecule has 28 heavy (non-hydrogen) atoms. The van der Waals surface area contributed by atoms with Crippen molar-refractivity contribution in [1.82, 2.24) is 4.90 Å². The molecule has 2 aromatic rings. The zero-order valence-electron chi connectivity index (χ0n) is 15.2. The second-order valence-electron chi connectivity index (χ2n) is 6.15. The Labute approximate surface area is 165 Å². The molecule has 150 valence electrons. The highest BCUT2D eigenvalue weighted by molar-refractivity contribution is 6.33. The van der Waals surface area contributed by atoms with Crippen LogP contribution in [0, 0.1) is 0 Å². The van der Waals surface area contributed by atoms with Crippen LogP contribution in [0.1, 0.15) is 12.5 Å². The van der Waals surface area contributed by atoms with E-state index in [1.807, 2.05) is 0 Å². The molecule has 2 aromatic carbocycles. The highest BCUT2D eigenvalue weighted by atomic mass is 35.5. The molecule has 0 saturated carbocycles. The lowest BCUT2D eigenvalue weighted by Crippen LogP contribution is -2.43. The van der Waals surface area contributed by atoms with Crippen molar-refractivity contribution in [1.29, 1.82) is 0 Å². The number of carbonyl (C=O) groups is 2. The Morgan fingerprint density at radius 3 is 2.21 bits per heavy atom. The monoisotopic (exact) mass is 413 g/mol. The van der Waals surface area contributed by atoms with Crippen molar-refractivity contribution in [2.75, 3.05) is 24.2 Å². The van der Waals surface area contributed by atoms with Gasteiger partial charge in [0.05, 0.1) is 34.5 Å². The molecule has 0 aromatic heterocycles. The normalized spacial score (nSPS) is 12.5. The molecule has 0 saturated heterocycles. The summed E-state index contributed by atoms with van der Waals surface area (Å²) >= 11 is 5.98. The summed E-state index contributed by atoms with van der Waals surface area (Å²) < 4.78 is 39.1. The summed E-state index contributed by atoms with van der Waals surface area (Å²) in [5.41, 5.74) is -0.839. The average molecular weight is 414 g/mol. The number of hydrogen-bond donors (Lipinski definition) is 2. The van der Waals surface area contributed by atoms with Gasteiger partial charge in [0.25, 0.3) is 0 Å². The molecule has 0 radical (unpaired) electrons. The van der Waals surface area contributed by atoms with Gasteiger partial charge in [-0.15, -0.1) is 0 Å². The van der Waals surface area contributed by atoms with Crippen molar-refractivity contribution in [2.45, 2.75) is 19.1 Å². The van der Waals surface area contributed by atoms with Gasteiger partial charge < -0.3 is 10.6 Å². The lowest BCUT2D eigenvalue weighted by Gasteiger charge is -2.24. The lowest BCUT2D eigenvalue weighted by molar-refractivity contribution is -0.137. The van der Waals surface area contributed by atoms with Crippen LogP contribution in [0.4, 0.5) is 24.5 Å². The number of halogens is 4. The summed E-state index contributed by atoms with van der Waals surface area (Å²) in [5, 5.41) is 5.27. The van der Waals surface area contributed by atoms with Gasteiger partial charge in [-0.1, -0.05) is 35.9 Å². The molecule has 0 spiro atoms. The molecule has 9 heteroatoms. The molecular weight excluding hydrogens is 395 g/mol. The minimum absolute atomic E-state index is 0.152. The first-order valence-corrected chi connectivity index (χ1v) is 8.69. The number of amides is 2. The van der Waals surface area contributed by atoms with Crippen LogP contribution in [0.25, 0.3) is 0 Å². The Morgan fingerprint density at radius 1 is 1.04 bits per heavy atom. The second kappa shape index (κ2) is 9.07. The van der Waals surface area contributed by atoms with Crippen molar-refractivity contribution < 1.29 is 22.8 Å². The Kier molecular flexibility index (Phi) is 7.04. The maximum atomic E-state index is 13.0. The first-order valence-electron chi connectivity index (χ1n) is 8.31. The zero-order chi connectivity index (χ0) is 20.9. The quantitative estimate of drug-likeness (QED) is 0.744. The van der Waals surface area contributed by atoms with Gasteiger partial charge in [-0.25, -0.2) is 0 Å². The van der Waals surface area contributed by atoms with E-state index < -0.39 is 29.6 Å². The van der Waals surface area contributed by atoms with Gasteiger partial charge in [0.15, 0.2) is 0 Å². The fourth-order valence-electron chi connectivity index (χ4n) is 2.39. The van der Waals surface area contributed by atoms with E-state index in [4.69, 9.17) is 11.6 Å². The molecule has 2 amide bonds. The van der Waals surface area contributed by atoms with Crippen LogP contribution in [0.2, 0.25) is 5.02 Å². The van der Waals surface area contributed by atoms with E-state index in [0.717, 1.165) is 6.07 Å². The van der Waals surface area contributed by atoms with Crippen LogP contribution in [0.5, 0.6) is 0 Å². The van der Waals surface area contributed by atoms with E-state index in [1.54, 1.807) is 24.3 Å². The SMILES string of the molecule is CC(C(=O)Nc1ccccc1C(F)(F)F)N(C)CC(=O)Nc1ccccc1Cl. The zero-order valence-corrected chi connectivity index (χ0v) is 15.9. The van der Waals surface area contributed by atoms with Crippen molar-refractivity contribution in [3.8, 4) is 0 Å². The van der Waals surface area contributed by atoms with Gasteiger partial charge in [-0.05, 0) is 38.2 Å². The largest absolute Gasteiger partial charge is 0.418 e. The summed E-state index contributed by atoms with van der Waals surface area (Å²) in [6.07, 6.45) is -4.59. The number of benzene rings is 2. The number of hydrogen-bond acceptors (Lipinski definition) is 3. The number of alkyl halides is 3. The standard InChI is InChI=1S/C19H19ClF3N3O2/c1-12(18(28)25-15-9-5-3-7-13(15)19(21,22)23)26(2)11-17(27)24-16-10-6-4-8-14(16)20/h3-10,12H,11H2,1-2H3,(H,24,27)(H,25,28). The molecule has 0 fully saturated rings. The molecule has 2 rings (SSSR count). The van der Waals surface area contributed by atoms with Crippen LogP contribution >= 0.6 is 11.6 Å². The number of rotatable bonds is 6. The number of para-hydroxylation sites is 2. The van der Waals surface area contributed by atoms with E-state index in [-0.39, 0.29) is 12.2 Å². The third-order valence-electron chi connectivity index (χ3n) is 4.07.